The van der Waals surface area contributed by atoms with Gasteiger partial charge in [0.2, 0.25) is 0 Å². The van der Waals surface area contributed by atoms with Crippen molar-refractivity contribution in [3.05, 3.63) is 301 Å². The van der Waals surface area contributed by atoms with Gasteiger partial charge in [0.1, 0.15) is 0 Å². The van der Waals surface area contributed by atoms with Gasteiger partial charge in [0.15, 0.2) is 0 Å². The van der Waals surface area contributed by atoms with Crippen LogP contribution in [-0.2, 0) is 10.8 Å². The molecule has 1 aromatic heterocycles. The maximum absolute atomic E-state index is 2.53. The second-order valence-corrected chi connectivity index (χ2v) is 22.9. The van der Waals surface area contributed by atoms with Crippen LogP contribution in [-0.4, -0.2) is 4.57 Å². The molecule has 0 aliphatic heterocycles. The first kappa shape index (κ1) is 47.5. The van der Waals surface area contributed by atoms with Crippen molar-refractivity contribution in [1.82, 2.24) is 4.57 Å². The summed E-state index contributed by atoms with van der Waals surface area (Å²) in [6.45, 7) is 9.54. The van der Waals surface area contributed by atoms with Gasteiger partial charge >= 0.3 is 0 Å². The molecule has 0 radical (unpaired) electrons. The highest BCUT2D eigenvalue weighted by atomic mass is 15.1. The van der Waals surface area contributed by atoms with Gasteiger partial charge in [0.05, 0.1) is 11.0 Å². The minimum absolute atomic E-state index is 0.110. The highest BCUT2D eigenvalue weighted by Gasteiger charge is 2.38. The van der Waals surface area contributed by atoms with Crippen LogP contribution in [0.1, 0.15) is 49.9 Å². The van der Waals surface area contributed by atoms with Crippen LogP contribution in [0.5, 0.6) is 0 Å². The van der Waals surface area contributed by atoms with E-state index in [0.717, 1.165) is 28.3 Å². The molecule has 2 aliphatic rings. The molecule has 2 nitrogen and oxygen atoms in total. The van der Waals surface area contributed by atoms with Crippen molar-refractivity contribution in [1.29, 1.82) is 0 Å². The summed E-state index contributed by atoms with van der Waals surface area (Å²) in [6, 6.07) is 103. The lowest BCUT2D eigenvalue weighted by atomic mass is 9.82. The SMILES string of the molecule is CC1(C)c2ccccc2-c2cc3c4cc5c(cc4n(-c4ccc(-c6cccc(-c7ccc(-c8cccc(N(c9ccc(-c%10ccccc%10)cc9)c9ccc(-c%10ccccc%10)cc9)c8)cc7)c6)cc4)c3cc21)C(C)(C)c1ccccc1-5. The van der Waals surface area contributed by atoms with Crippen LogP contribution in [0.3, 0.4) is 0 Å². The van der Waals surface area contributed by atoms with E-state index in [4.69, 9.17) is 0 Å². The molecule has 13 aromatic rings. The molecule has 0 spiro atoms. The zero-order valence-electron chi connectivity index (χ0n) is 45.5. The summed E-state index contributed by atoms with van der Waals surface area (Å²) in [4.78, 5) is 2.36. The first-order valence-corrected chi connectivity index (χ1v) is 28.1. The van der Waals surface area contributed by atoms with Crippen molar-refractivity contribution >= 4 is 38.9 Å². The second kappa shape index (κ2) is 18.4. The van der Waals surface area contributed by atoms with Crippen LogP contribution in [0.2, 0.25) is 0 Å². The van der Waals surface area contributed by atoms with Crippen LogP contribution in [0.15, 0.2) is 279 Å². The van der Waals surface area contributed by atoms with Crippen molar-refractivity contribution in [2.45, 2.75) is 38.5 Å². The number of nitrogens with zero attached hydrogens (tertiary/aromatic N) is 2. The summed E-state index contributed by atoms with van der Waals surface area (Å²) in [5, 5.41) is 2.59. The highest BCUT2D eigenvalue weighted by Crippen LogP contribution is 2.54. The Bertz CT molecular complexity index is 4320. The molecule has 0 bridgehead atoms. The molecule has 0 atom stereocenters. The van der Waals surface area contributed by atoms with Crippen LogP contribution in [0.25, 0.3) is 105 Å². The molecular formula is C78H58N2. The minimum Gasteiger partial charge on any atom is -0.310 e. The van der Waals surface area contributed by atoms with E-state index in [1.165, 1.54) is 116 Å². The quantitative estimate of drug-likeness (QED) is 0.140. The maximum Gasteiger partial charge on any atom is 0.0544 e. The third-order valence-electron chi connectivity index (χ3n) is 17.6. The average Bonchev–Trinajstić information content (AvgIpc) is 4.26. The summed E-state index contributed by atoms with van der Waals surface area (Å²) < 4.78 is 2.53. The van der Waals surface area contributed by atoms with Crippen molar-refractivity contribution in [2.24, 2.45) is 0 Å². The van der Waals surface area contributed by atoms with Gasteiger partial charge in [-0.15, -0.1) is 0 Å². The van der Waals surface area contributed by atoms with Gasteiger partial charge in [-0.3, -0.25) is 0 Å². The topological polar surface area (TPSA) is 8.17 Å². The van der Waals surface area contributed by atoms with Crippen molar-refractivity contribution in [2.75, 3.05) is 4.90 Å². The van der Waals surface area contributed by atoms with E-state index in [1.807, 2.05) is 0 Å². The molecule has 0 saturated heterocycles. The molecule has 15 rings (SSSR count). The number of anilines is 3. The Morgan fingerprint density at radius 2 is 0.600 bits per heavy atom. The number of rotatable bonds is 9. The first-order valence-electron chi connectivity index (χ1n) is 28.1. The summed E-state index contributed by atoms with van der Waals surface area (Å²) in [7, 11) is 0. The van der Waals surface area contributed by atoms with E-state index in [2.05, 4.69) is 316 Å². The molecule has 380 valence electrons. The third kappa shape index (κ3) is 7.69. The Morgan fingerprint density at radius 1 is 0.250 bits per heavy atom. The van der Waals surface area contributed by atoms with Crippen LogP contribution in [0.4, 0.5) is 17.1 Å². The monoisotopic (exact) mass is 1020 g/mol. The lowest BCUT2D eigenvalue weighted by molar-refractivity contribution is 0.660. The number of fused-ring (bicyclic) bond motifs is 9. The van der Waals surface area contributed by atoms with E-state index >= 15 is 0 Å². The summed E-state index contributed by atoms with van der Waals surface area (Å²) in [6.07, 6.45) is 0. The van der Waals surface area contributed by atoms with Crippen molar-refractivity contribution < 1.29 is 0 Å². The van der Waals surface area contributed by atoms with Gasteiger partial charge in [0, 0.05) is 44.4 Å². The smallest absolute Gasteiger partial charge is 0.0544 e. The zero-order chi connectivity index (χ0) is 53.7. The molecule has 12 aromatic carbocycles. The summed E-state index contributed by atoms with van der Waals surface area (Å²) >= 11 is 0. The second-order valence-electron chi connectivity index (χ2n) is 22.9. The molecule has 0 saturated carbocycles. The minimum atomic E-state index is -0.110. The maximum atomic E-state index is 2.53. The molecule has 0 unspecified atom stereocenters. The molecule has 1 heterocycles. The van der Waals surface area contributed by atoms with Gasteiger partial charge in [-0.2, -0.15) is 0 Å². The number of aromatic nitrogens is 1. The molecule has 2 heteroatoms. The lowest BCUT2D eigenvalue weighted by Gasteiger charge is -2.26. The highest BCUT2D eigenvalue weighted by molar-refractivity contribution is 6.14. The predicted octanol–water partition coefficient (Wildman–Crippen LogP) is 21.2. The Hall–Kier alpha value is -9.76. The predicted molar refractivity (Wildman–Crippen MR) is 338 cm³/mol. The van der Waals surface area contributed by atoms with Gasteiger partial charge in [0.25, 0.3) is 0 Å². The fourth-order valence-corrected chi connectivity index (χ4v) is 13.4. The van der Waals surface area contributed by atoms with Crippen LogP contribution >= 0.6 is 0 Å². The van der Waals surface area contributed by atoms with Crippen LogP contribution < -0.4 is 4.90 Å². The average molecular weight is 1020 g/mol. The summed E-state index contributed by atoms with van der Waals surface area (Å²) in [5.41, 5.74) is 29.6. The molecule has 80 heavy (non-hydrogen) atoms. The van der Waals surface area contributed by atoms with Gasteiger partial charge in [-0.1, -0.05) is 228 Å². The fourth-order valence-electron chi connectivity index (χ4n) is 13.4. The Morgan fingerprint density at radius 3 is 1.06 bits per heavy atom. The number of hydrogen-bond acceptors (Lipinski definition) is 1. The Labute approximate surface area is 469 Å². The fraction of sp³-hybridized carbons (Fsp3) is 0.0769. The first-order chi connectivity index (χ1) is 39.2. The lowest BCUT2D eigenvalue weighted by Crippen LogP contribution is -2.15. The van der Waals surface area contributed by atoms with Crippen LogP contribution in [0, 0.1) is 0 Å². The Balaban J connectivity index is 0.752. The largest absolute Gasteiger partial charge is 0.310 e. The third-order valence-corrected chi connectivity index (χ3v) is 17.6. The van der Waals surface area contributed by atoms with Crippen molar-refractivity contribution in [3.63, 3.8) is 0 Å². The molecule has 0 N–H and O–H groups in total. The molecule has 0 amide bonds. The zero-order valence-corrected chi connectivity index (χ0v) is 45.5. The van der Waals surface area contributed by atoms with Gasteiger partial charge < -0.3 is 9.47 Å². The normalized spacial score (nSPS) is 13.4. The number of hydrogen-bond donors (Lipinski definition) is 0. The molecule has 2 aliphatic carbocycles. The van der Waals surface area contributed by atoms with Gasteiger partial charge in [-0.25, -0.2) is 0 Å². The van der Waals surface area contributed by atoms with E-state index in [1.54, 1.807) is 0 Å². The van der Waals surface area contributed by atoms with Crippen molar-refractivity contribution in [3.8, 4) is 83.6 Å². The van der Waals surface area contributed by atoms with E-state index in [-0.39, 0.29) is 10.8 Å². The standard InChI is InChI=1S/C78H58N2/c1-77(2)71-27-13-11-25-65(71)67-47-69-70-48-68-66-26-12-14-28-72(66)78(3,4)74(68)50-76(70)80(75(69)49-73(67)77)63-43-37-57(38-44-63)59-22-15-21-58(45-59)55-29-31-56(32-30-55)60-23-16-24-64(46-60)79(61-39-33-53(34-40-61)51-17-7-5-8-18-51)62-41-35-54(36-42-62)52-19-9-6-10-20-52/h5-50H,1-4H3. The molecular weight excluding hydrogens is 965 g/mol. The Kier molecular flexibility index (Phi) is 10.9. The van der Waals surface area contributed by atoms with E-state index in [9.17, 15) is 0 Å². The number of benzene rings is 12. The van der Waals surface area contributed by atoms with E-state index in [0.29, 0.717) is 0 Å². The van der Waals surface area contributed by atoms with E-state index < -0.39 is 0 Å². The summed E-state index contributed by atoms with van der Waals surface area (Å²) in [5.74, 6) is 0. The molecule has 0 fully saturated rings. The van der Waals surface area contributed by atoms with Gasteiger partial charge in [-0.05, 0) is 179 Å².